The summed E-state index contributed by atoms with van der Waals surface area (Å²) in [6, 6.07) is 16.4. The highest BCUT2D eigenvalue weighted by Crippen LogP contribution is 2.31. The number of nitrogens with zero attached hydrogens (tertiary/aromatic N) is 2. The molecule has 1 aliphatic rings. The lowest BCUT2D eigenvalue weighted by atomic mass is 9.99. The zero-order valence-corrected chi connectivity index (χ0v) is 24.4. The number of fused-ring (bicyclic) bond motifs is 1. The number of carbonyl (C=O) groups excluding carboxylic acids is 1. The Morgan fingerprint density at radius 3 is 2.46 bits per heavy atom. The van der Waals surface area contributed by atoms with Crippen molar-refractivity contribution in [2.45, 2.75) is 37.4 Å². The van der Waals surface area contributed by atoms with Gasteiger partial charge in [-0.25, -0.2) is 12.8 Å². The van der Waals surface area contributed by atoms with Crippen molar-refractivity contribution in [2.24, 2.45) is 5.92 Å². The third kappa shape index (κ3) is 7.35. The van der Waals surface area contributed by atoms with E-state index in [1.54, 1.807) is 25.0 Å². The zero-order chi connectivity index (χ0) is 29.7. The number of benzene rings is 3. The van der Waals surface area contributed by atoms with Gasteiger partial charge in [-0.3, -0.25) is 14.4 Å². The molecule has 0 bridgehead atoms. The summed E-state index contributed by atoms with van der Waals surface area (Å²) in [7, 11) is -0.412. The molecule has 0 saturated heterocycles. The minimum Gasteiger partial charge on any atom is -0.497 e. The molecule has 0 spiro atoms. The maximum Gasteiger partial charge on any atom is 0.261 e. The molecule has 0 unspecified atom stereocenters. The normalized spacial score (nSPS) is 18.2. The summed E-state index contributed by atoms with van der Waals surface area (Å²) >= 11 is 0. The number of hydrogen-bond acceptors (Lipinski definition) is 7. The van der Waals surface area contributed by atoms with E-state index in [1.807, 2.05) is 38.2 Å². The van der Waals surface area contributed by atoms with E-state index in [9.17, 15) is 22.7 Å². The molecule has 0 fully saturated rings. The lowest BCUT2D eigenvalue weighted by Crippen LogP contribution is -2.49. The van der Waals surface area contributed by atoms with Crippen LogP contribution < -0.4 is 14.2 Å². The maximum atomic E-state index is 13.7. The number of aliphatic hydroxyl groups is 1. The Morgan fingerprint density at radius 1 is 1.15 bits per heavy atom. The van der Waals surface area contributed by atoms with Crippen LogP contribution in [-0.4, -0.2) is 75.2 Å². The fourth-order valence-corrected chi connectivity index (χ4v) is 5.80. The fraction of sp³-hybridized carbons (Fsp3) is 0.367. The molecular formula is C30H36FN3O6S. The fourth-order valence-electron chi connectivity index (χ4n) is 4.75. The van der Waals surface area contributed by atoms with Gasteiger partial charge >= 0.3 is 0 Å². The number of aliphatic hydroxyl groups excluding tert-OH is 1. The third-order valence-corrected chi connectivity index (χ3v) is 8.54. The van der Waals surface area contributed by atoms with Gasteiger partial charge in [-0.1, -0.05) is 19.1 Å². The van der Waals surface area contributed by atoms with Crippen LogP contribution in [0.3, 0.4) is 0 Å². The second-order valence-electron chi connectivity index (χ2n) is 10.4. The molecule has 1 heterocycles. The first-order valence-electron chi connectivity index (χ1n) is 13.3. The first kappa shape index (κ1) is 30.3. The standard InChI is InChI=1S/C30H36FN3O6S/c1-20-16-34(21(2)19-35)30(36)27-15-24(32-41(37,38)26-12-7-23(31)8-13-26)9-14-28(27)40-29(20)18-33(3)17-22-5-10-25(39-4)11-6-22/h5-15,20-21,29,32,35H,16-19H2,1-4H3/t20-,21+,29+/m0/s1. The Bertz CT molecular complexity index is 1450. The van der Waals surface area contributed by atoms with Crippen molar-refractivity contribution < 1.29 is 32.2 Å². The number of rotatable bonds is 10. The summed E-state index contributed by atoms with van der Waals surface area (Å²) in [4.78, 5) is 17.3. The van der Waals surface area contributed by atoms with Crippen molar-refractivity contribution in [3.63, 3.8) is 0 Å². The van der Waals surface area contributed by atoms with E-state index in [-0.39, 0.29) is 40.7 Å². The summed E-state index contributed by atoms with van der Waals surface area (Å²) in [6.07, 6.45) is -0.305. The van der Waals surface area contributed by atoms with E-state index in [2.05, 4.69) is 9.62 Å². The molecule has 2 N–H and O–H groups in total. The number of halogens is 1. The monoisotopic (exact) mass is 585 g/mol. The number of hydrogen-bond donors (Lipinski definition) is 2. The summed E-state index contributed by atoms with van der Waals surface area (Å²) < 4.78 is 53.2. The number of likely N-dealkylation sites (N-methyl/N-ethyl adjacent to an activating group) is 1. The van der Waals surface area contributed by atoms with Gasteiger partial charge in [0.15, 0.2) is 0 Å². The van der Waals surface area contributed by atoms with Gasteiger partial charge < -0.3 is 19.5 Å². The van der Waals surface area contributed by atoms with Crippen molar-refractivity contribution in [2.75, 3.05) is 38.6 Å². The molecule has 4 rings (SSSR count). The van der Waals surface area contributed by atoms with E-state index in [0.717, 1.165) is 23.4 Å². The number of carbonyl (C=O) groups is 1. The first-order chi connectivity index (χ1) is 19.5. The van der Waals surface area contributed by atoms with Crippen molar-refractivity contribution in [3.05, 3.63) is 83.7 Å². The Hall–Kier alpha value is -3.67. The smallest absolute Gasteiger partial charge is 0.261 e. The molecule has 0 aliphatic carbocycles. The highest BCUT2D eigenvalue weighted by Gasteiger charge is 2.33. The Labute approximate surface area is 240 Å². The predicted molar refractivity (Wildman–Crippen MR) is 154 cm³/mol. The molecule has 0 saturated carbocycles. The molecule has 3 atom stereocenters. The molecule has 3 aromatic rings. The molecule has 11 heteroatoms. The van der Waals surface area contributed by atoms with Crippen LogP contribution in [0, 0.1) is 11.7 Å². The Kier molecular flexibility index (Phi) is 9.52. The van der Waals surface area contributed by atoms with Crippen molar-refractivity contribution >= 4 is 21.6 Å². The van der Waals surface area contributed by atoms with E-state index in [4.69, 9.17) is 9.47 Å². The van der Waals surface area contributed by atoms with Crippen LogP contribution >= 0.6 is 0 Å². The van der Waals surface area contributed by atoms with Crippen LogP contribution in [0.5, 0.6) is 11.5 Å². The number of amides is 1. The van der Waals surface area contributed by atoms with Gasteiger partial charge in [0.1, 0.15) is 23.4 Å². The number of sulfonamides is 1. The van der Waals surface area contributed by atoms with Crippen LogP contribution in [0.4, 0.5) is 10.1 Å². The van der Waals surface area contributed by atoms with Crippen LogP contribution in [0.25, 0.3) is 0 Å². The van der Waals surface area contributed by atoms with Crippen LogP contribution in [0.15, 0.2) is 71.6 Å². The van der Waals surface area contributed by atoms with Crippen molar-refractivity contribution in [1.82, 2.24) is 9.80 Å². The molecule has 0 radical (unpaired) electrons. The number of methoxy groups -OCH3 is 1. The first-order valence-corrected chi connectivity index (χ1v) is 14.8. The number of anilines is 1. The third-order valence-electron chi connectivity index (χ3n) is 7.14. The number of ether oxygens (including phenoxy) is 2. The van der Waals surface area contributed by atoms with E-state index < -0.39 is 21.9 Å². The summed E-state index contributed by atoms with van der Waals surface area (Å²) in [6.45, 7) is 5.11. The summed E-state index contributed by atoms with van der Waals surface area (Å²) in [5, 5.41) is 9.91. The second-order valence-corrected chi connectivity index (χ2v) is 12.1. The second kappa shape index (κ2) is 12.9. The van der Waals surface area contributed by atoms with Crippen LogP contribution in [-0.2, 0) is 16.6 Å². The van der Waals surface area contributed by atoms with Crippen molar-refractivity contribution in [1.29, 1.82) is 0 Å². The SMILES string of the molecule is COc1ccc(CN(C)C[C@H]2Oc3ccc(NS(=O)(=O)c4ccc(F)cc4)cc3C(=O)N([C@H](C)CO)C[C@@H]2C)cc1. The molecule has 1 amide bonds. The van der Waals surface area contributed by atoms with E-state index >= 15 is 0 Å². The topological polar surface area (TPSA) is 108 Å². The van der Waals surface area contributed by atoms with E-state index in [1.165, 1.54) is 24.3 Å². The lowest BCUT2D eigenvalue weighted by Gasteiger charge is -2.38. The largest absolute Gasteiger partial charge is 0.497 e. The molecule has 3 aromatic carbocycles. The molecule has 0 aromatic heterocycles. The molecule has 220 valence electrons. The Balaban J connectivity index is 1.61. The minimum atomic E-state index is -4.03. The maximum absolute atomic E-state index is 13.7. The van der Waals surface area contributed by atoms with Gasteiger partial charge in [-0.05, 0) is 74.1 Å². The van der Waals surface area contributed by atoms with Gasteiger partial charge in [0, 0.05) is 31.2 Å². The summed E-state index contributed by atoms with van der Waals surface area (Å²) in [5.74, 6) is 0.109. The van der Waals surface area contributed by atoms with Crippen LogP contribution in [0.1, 0.15) is 29.8 Å². The van der Waals surface area contributed by atoms with Gasteiger partial charge in [-0.2, -0.15) is 0 Å². The number of nitrogens with one attached hydrogen (secondary N) is 1. The van der Waals surface area contributed by atoms with Crippen LogP contribution in [0.2, 0.25) is 0 Å². The molecule has 41 heavy (non-hydrogen) atoms. The molecule has 9 nitrogen and oxygen atoms in total. The highest BCUT2D eigenvalue weighted by molar-refractivity contribution is 7.92. The Morgan fingerprint density at radius 2 is 1.83 bits per heavy atom. The van der Waals surface area contributed by atoms with E-state index in [0.29, 0.717) is 25.4 Å². The molecular weight excluding hydrogens is 549 g/mol. The average Bonchev–Trinajstić information content (AvgIpc) is 2.95. The lowest BCUT2D eigenvalue weighted by molar-refractivity contribution is 0.0341. The van der Waals surface area contributed by atoms with Gasteiger partial charge in [0.05, 0.1) is 30.2 Å². The quantitative estimate of drug-likeness (QED) is 0.371. The van der Waals surface area contributed by atoms with Crippen molar-refractivity contribution in [3.8, 4) is 11.5 Å². The average molecular weight is 586 g/mol. The predicted octanol–water partition coefficient (Wildman–Crippen LogP) is 3.99. The minimum absolute atomic E-state index is 0.0731. The van der Waals surface area contributed by atoms with Gasteiger partial charge in [-0.15, -0.1) is 0 Å². The highest BCUT2D eigenvalue weighted by atomic mass is 32.2. The summed E-state index contributed by atoms with van der Waals surface area (Å²) in [5.41, 5.74) is 1.44. The van der Waals surface area contributed by atoms with Gasteiger partial charge in [0.25, 0.3) is 15.9 Å². The zero-order valence-electron chi connectivity index (χ0n) is 23.6. The molecule has 1 aliphatic heterocycles. The van der Waals surface area contributed by atoms with Gasteiger partial charge in [0.2, 0.25) is 0 Å².